The van der Waals surface area contributed by atoms with Crippen LogP contribution in [0.25, 0.3) is 10.9 Å². The second kappa shape index (κ2) is 3.74. The van der Waals surface area contributed by atoms with E-state index in [0.29, 0.717) is 0 Å². The average molecular weight is 204 g/mol. The predicted molar refractivity (Wildman–Crippen MR) is 57.6 cm³/mol. The summed E-state index contributed by atoms with van der Waals surface area (Å²) in [5.41, 5.74) is 4.28. The van der Waals surface area contributed by atoms with Crippen LogP contribution in [0.2, 0.25) is 0 Å². The fourth-order valence-corrected chi connectivity index (χ4v) is 1.55. The second-order valence-corrected chi connectivity index (χ2v) is 3.36. The van der Waals surface area contributed by atoms with Crippen LogP contribution in [0.1, 0.15) is 5.56 Å². The largest absolute Gasteiger partial charge is 0.349 e. The number of fused-ring (bicyclic) bond motifs is 1. The molecule has 0 aliphatic carbocycles. The molecule has 0 atom stereocenters. The lowest BCUT2D eigenvalue weighted by Gasteiger charge is -2.04. The van der Waals surface area contributed by atoms with Crippen LogP contribution in [-0.4, -0.2) is 17.7 Å². The van der Waals surface area contributed by atoms with Crippen LogP contribution in [0.4, 0.5) is 4.79 Å². The van der Waals surface area contributed by atoms with Gasteiger partial charge in [0, 0.05) is 11.6 Å². The summed E-state index contributed by atoms with van der Waals surface area (Å²) in [5, 5.41) is 1.03. The van der Waals surface area contributed by atoms with Crippen molar-refractivity contribution in [3.05, 3.63) is 36.0 Å². The zero-order chi connectivity index (χ0) is 10.8. The minimum atomic E-state index is -0.293. The Morgan fingerprint density at radius 3 is 2.93 bits per heavy atom. The molecule has 0 radical (unpaired) electrons. The molecule has 0 bridgehead atoms. The Morgan fingerprint density at radius 1 is 1.40 bits per heavy atom. The molecule has 0 saturated heterocycles. The van der Waals surface area contributed by atoms with E-state index < -0.39 is 0 Å². The normalized spacial score (nSPS) is 10.5. The van der Waals surface area contributed by atoms with E-state index in [4.69, 9.17) is 0 Å². The van der Waals surface area contributed by atoms with Crippen molar-refractivity contribution in [1.82, 2.24) is 10.0 Å². The first kappa shape index (κ1) is 9.73. The minimum Gasteiger partial charge on any atom is -0.275 e. The van der Waals surface area contributed by atoms with Crippen LogP contribution in [-0.2, 0) is 4.84 Å². The van der Waals surface area contributed by atoms with E-state index in [9.17, 15) is 4.79 Å². The van der Waals surface area contributed by atoms with E-state index in [1.54, 1.807) is 6.20 Å². The summed E-state index contributed by atoms with van der Waals surface area (Å²) in [6, 6.07) is 7.56. The lowest BCUT2D eigenvalue weighted by atomic mass is 10.2. The summed E-state index contributed by atoms with van der Waals surface area (Å²) in [5.74, 6) is 0. The Labute approximate surface area is 87.4 Å². The highest BCUT2D eigenvalue weighted by atomic mass is 16.6. The van der Waals surface area contributed by atoms with Crippen LogP contribution < -0.4 is 5.48 Å². The molecule has 0 aliphatic heterocycles. The molecule has 0 aliphatic rings. The number of carbonyl (C=O) groups excluding carboxylic acids is 1. The third-order valence-electron chi connectivity index (χ3n) is 2.26. The molecular formula is C11H12N2O2. The van der Waals surface area contributed by atoms with Gasteiger partial charge in [-0.25, -0.2) is 10.3 Å². The third-order valence-corrected chi connectivity index (χ3v) is 2.26. The van der Waals surface area contributed by atoms with E-state index in [1.807, 2.05) is 31.2 Å². The van der Waals surface area contributed by atoms with E-state index in [-0.39, 0.29) is 6.03 Å². The number of carbonyl (C=O) groups is 1. The first-order chi connectivity index (χ1) is 7.22. The number of benzene rings is 1. The van der Waals surface area contributed by atoms with E-state index in [0.717, 1.165) is 16.5 Å². The molecule has 1 N–H and O–H groups in total. The maximum absolute atomic E-state index is 11.6. The van der Waals surface area contributed by atoms with Crippen LogP contribution >= 0.6 is 0 Å². The topological polar surface area (TPSA) is 43.3 Å². The van der Waals surface area contributed by atoms with Gasteiger partial charge in [-0.2, -0.15) is 0 Å². The van der Waals surface area contributed by atoms with Crippen molar-refractivity contribution >= 4 is 16.9 Å². The molecule has 2 rings (SSSR count). The number of amides is 1. The molecule has 4 nitrogen and oxygen atoms in total. The maximum Gasteiger partial charge on any atom is 0.349 e. The SMILES string of the molecule is CONC(=O)n1ccc2ccc(C)cc21. The van der Waals surface area contributed by atoms with Crippen LogP contribution in [0, 0.1) is 6.92 Å². The fourth-order valence-electron chi connectivity index (χ4n) is 1.55. The molecule has 2 aromatic rings. The summed E-state index contributed by atoms with van der Waals surface area (Å²) in [6.07, 6.45) is 1.72. The van der Waals surface area contributed by atoms with Gasteiger partial charge in [0.25, 0.3) is 0 Å². The van der Waals surface area contributed by atoms with Crippen molar-refractivity contribution in [3.8, 4) is 0 Å². The highest BCUT2D eigenvalue weighted by Crippen LogP contribution is 2.16. The van der Waals surface area contributed by atoms with Gasteiger partial charge in [0.05, 0.1) is 12.6 Å². The van der Waals surface area contributed by atoms with Gasteiger partial charge in [0.1, 0.15) is 0 Å². The molecule has 1 amide bonds. The number of aryl methyl sites for hydroxylation is 1. The predicted octanol–water partition coefficient (Wildman–Crippen LogP) is 2.07. The molecule has 4 heteroatoms. The summed E-state index contributed by atoms with van der Waals surface area (Å²) < 4.78 is 1.52. The first-order valence-electron chi connectivity index (χ1n) is 4.63. The first-order valence-corrected chi connectivity index (χ1v) is 4.63. The van der Waals surface area contributed by atoms with Crippen molar-refractivity contribution < 1.29 is 9.63 Å². The lowest BCUT2D eigenvalue weighted by molar-refractivity contribution is 0.109. The summed E-state index contributed by atoms with van der Waals surface area (Å²) in [7, 11) is 1.41. The maximum atomic E-state index is 11.6. The molecular weight excluding hydrogens is 192 g/mol. The summed E-state index contributed by atoms with van der Waals surface area (Å²) in [6.45, 7) is 1.99. The molecule has 0 unspecified atom stereocenters. The third kappa shape index (κ3) is 1.71. The Hall–Kier alpha value is -1.81. The van der Waals surface area contributed by atoms with Crippen molar-refractivity contribution in [3.63, 3.8) is 0 Å². The van der Waals surface area contributed by atoms with Gasteiger partial charge < -0.3 is 0 Å². The Bertz CT molecular complexity index is 502. The van der Waals surface area contributed by atoms with Crippen LogP contribution in [0.5, 0.6) is 0 Å². The minimum absolute atomic E-state index is 0.293. The quantitative estimate of drug-likeness (QED) is 0.722. The molecule has 0 fully saturated rings. The smallest absolute Gasteiger partial charge is 0.275 e. The molecule has 1 heterocycles. The zero-order valence-corrected chi connectivity index (χ0v) is 8.65. The molecule has 1 aromatic carbocycles. The van der Waals surface area contributed by atoms with Crippen molar-refractivity contribution in [2.75, 3.05) is 7.11 Å². The molecule has 1 aromatic heterocycles. The zero-order valence-electron chi connectivity index (χ0n) is 8.65. The summed E-state index contributed by atoms with van der Waals surface area (Å²) in [4.78, 5) is 16.1. The second-order valence-electron chi connectivity index (χ2n) is 3.36. The average Bonchev–Trinajstić information content (AvgIpc) is 2.60. The van der Waals surface area contributed by atoms with E-state index >= 15 is 0 Å². The molecule has 0 spiro atoms. The summed E-state index contributed by atoms with van der Waals surface area (Å²) >= 11 is 0. The van der Waals surface area contributed by atoms with E-state index in [1.165, 1.54) is 11.7 Å². The van der Waals surface area contributed by atoms with Gasteiger partial charge in [0.15, 0.2) is 0 Å². The Kier molecular flexibility index (Phi) is 2.43. The van der Waals surface area contributed by atoms with Crippen molar-refractivity contribution in [2.24, 2.45) is 0 Å². The lowest BCUT2D eigenvalue weighted by Crippen LogP contribution is -2.26. The van der Waals surface area contributed by atoms with Gasteiger partial charge in [-0.05, 0) is 24.6 Å². The van der Waals surface area contributed by atoms with Crippen molar-refractivity contribution in [1.29, 1.82) is 0 Å². The standard InChI is InChI=1S/C11H12N2O2/c1-8-3-4-9-5-6-13(10(9)7-8)11(14)12-15-2/h3-7H,1-2H3,(H,12,14). The Morgan fingerprint density at radius 2 is 2.20 bits per heavy atom. The van der Waals surface area contributed by atoms with E-state index in [2.05, 4.69) is 10.3 Å². The van der Waals surface area contributed by atoms with Gasteiger partial charge in [-0.3, -0.25) is 9.40 Å². The molecule has 78 valence electrons. The number of hydroxylamine groups is 1. The van der Waals surface area contributed by atoms with Crippen LogP contribution in [0.15, 0.2) is 30.5 Å². The monoisotopic (exact) mass is 204 g/mol. The molecule has 15 heavy (non-hydrogen) atoms. The number of hydrogen-bond donors (Lipinski definition) is 1. The van der Waals surface area contributed by atoms with Gasteiger partial charge in [-0.1, -0.05) is 12.1 Å². The highest BCUT2D eigenvalue weighted by Gasteiger charge is 2.07. The molecule has 0 saturated carbocycles. The van der Waals surface area contributed by atoms with Crippen molar-refractivity contribution in [2.45, 2.75) is 6.92 Å². The Balaban J connectivity index is 2.52. The van der Waals surface area contributed by atoms with Gasteiger partial charge in [-0.15, -0.1) is 0 Å². The number of nitrogens with zero attached hydrogens (tertiary/aromatic N) is 1. The number of aromatic nitrogens is 1. The van der Waals surface area contributed by atoms with Crippen LogP contribution in [0.3, 0.4) is 0 Å². The highest BCUT2D eigenvalue weighted by molar-refractivity contribution is 5.91. The van der Waals surface area contributed by atoms with Gasteiger partial charge >= 0.3 is 6.03 Å². The van der Waals surface area contributed by atoms with Gasteiger partial charge in [0.2, 0.25) is 0 Å². The number of nitrogens with one attached hydrogen (secondary N) is 1. The number of rotatable bonds is 1. The fraction of sp³-hybridized carbons (Fsp3) is 0.182. The number of hydrogen-bond acceptors (Lipinski definition) is 2.